The Morgan fingerprint density at radius 2 is 1.62 bits per heavy atom. The van der Waals surface area contributed by atoms with Gasteiger partial charge in [0.1, 0.15) is 18.0 Å². The first-order valence-corrected chi connectivity index (χ1v) is 11.5. The molecule has 1 aromatic heterocycles. The molecule has 0 aliphatic rings. The molecular weight excluding hydrogens is 470 g/mol. The Balaban J connectivity index is 0.000000739. The van der Waals surface area contributed by atoms with Gasteiger partial charge in [0.05, 0.1) is 38.9 Å². The summed E-state index contributed by atoms with van der Waals surface area (Å²) >= 11 is 0. The van der Waals surface area contributed by atoms with Crippen LogP contribution in [0, 0.1) is 24.1 Å². The molecule has 0 fully saturated rings. The van der Waals surface area contributed by atoms with Gasteiger partial charge in [0.25, 0.3) is 0 Å². The van der Waals surface area contributed by atoms with Crippen LogP contribution in [-0.2, 0) is 4.74 Å². The summed E-state index contributed by atoms with van der Waals surface area (Å²) in [6, 6.07) is 11.9. The van der Waals surface area contributed by atoms with E-state index in [4.69, 9.17) is 42.4 Å². The molecule has 0 amide bonds. The average Bonchev–Trinajstić information content (AvgIpc) is 2.76. The number of hydrogen-bond donors (Lipinski definition) is 2. The van der Waals surface area contributed by atoms with E-state index < -0.39 is 10.2 Å². The molecule has 1 heterocycles. The van der Waals surface area contributed by atoms with Gasteiger partial charge in [-0.1, -0.05) is 6.07 Å². The van der Waals surface area contributed by atoms with E-state index in [0.29, 0.717) is 31.3 Å². The number of hydrogen-bond acceptors (Lipinski definition) is 9. The van der Waals surface area contributed by atoms with E-state index in [1.165, 1.54) is 0 Å². The van der Waals surface area contributed by atoms with E-state index in [2.05, 4.69) is 24.9 Å². The van der Waals surface area contributed by atoms with Crippen molar-refractivity contribution in [1.82, 2.24) is 0 Å². The van der Waals surface area contributed by atoms with Crippen LogP contribution in [-0.4, -0.2) is 45.7 Å². The third-order valence-corrected chi connectivity index (χ3v) is 4.67. The summed E-state index contributed by atoms with van der Waals surface area (Å²) in [6.45, 7) is 5.62. The molecule has 2 aromatic carbocycles. The van der Waals surface area contributed by atoms with Crippen LogP contribution in [0.5, 0.6) is 11.5 Å². The minimum Gasteiger partial charge on any atom is -0.493 e. The van der Waals surface area contributed by atoms with E-state index in [-0.39, 0.29) is 6.61 Å². The highest BCUT2D eigenvalue weighted by Gasteiger charge is 2.14. The summed E-state index contributed by atoms with van der Waals surface area (Å²) in [4.78, 5) is 3.45. The molecule has 0 saturated heterocycles. The smallest absolute Gasteiger partial charge is 0.213 e. The van der Waals surface area contributed by atoms with Crippen LogP contribution in [0.1, 0.15) is 11.1 Å². The van der Waals surface area contributed by atoms with E-state index >= 15 is 0 Å². The molecule has 11 heteroatoms. The van der Waals surface area contributed by atoms with Gasteiger partial charge in [0.15, 0.2) is 18.0 Å². The summed E-state index contributed by atoms with van der Waals surface area (Å²) in [7, 11) is -1.71. The van der Waals surface area contributed by atoms with E-state index in [1.54, 1.807) is 14.2 Å². The van der Waals surface area contributed by atoms with Crippen molar-refractivity contribution in [2.24, 2.45) is 0 Å². The number of ether oxygens (including phenoxy) is 3. The van der Waals surface area contributed by atoms with Crippen LogP contribution in [0.2, 0.25) is 0 Å². The minimum atomic E-state index is -4.94. The normalized spacial score (nSPS) is 11.9. The maximum Gasteiger partial charge on any atom is 0.213 e. The Morgan fingerprint density at radius 3 is 2.24 bits per heavy atom. The van der Waals surface area contributed by atoms with Crippen LogP contribution in [0.25, 0.3) is 22.3 Å². The summed E-state index contributed by atoms with van der Waals surface area (Å²) in [6.07, 6.45) is 0. The molecule has 0 spiro atoms. The first-order chi connectivity index (χ1) is 16.1. The molecule has 0 unspecified atom stereocenters. The second-order valence-electron chi connectivity index (χ2n) is 7.19. The van der Waals surface area contributed by atoms with Crippen LogP contribution in [0.3, 0.4) is 0 Å². The molecule has 2 N–H and O–H groups in total. The Kier molecular flexibility index (Phi) is 10.3. The lowest BCUT2D eigenvalue weighted by atomic mass is 10.0. The fourth-order valence-corrected chi connectivity index (χ4v) is 3.40. The maximum absolute atomic E-state index is 8.85. The molecule has 0 bridgehead atoms. The van der Waals surface area contributed by atoms with E-state index in [9.17, 15) is 0 Å². The van der Waals surface area contributed by atoms with Gasteiger partial charge in [0, 0.05) is 5.56 Å². The lowest BCUT2D eigenvalue weighted by molar-refractivity contribution is -2.00. The monoisotopic (exact) mass is 497 g/mol. The second kappa shape index (κ2) is 12.7. The fraction of sp³-hybridized carbons (Fsp3) is 0.348. The topological polar surface area (TPSA) is 167 Å². The summed E-state index contributed by atoms with van der Waals surface area (Å²) in [5, 5.41) is 10.9. The van der Waals surface area contributed by atoms with Crippen molar-refractivity contribution < 1.29 is 57.6 Å². The highest BCUT2D eigenvalue weighted by molar-refractivity contribution is 5.82. The average molecular weight is 498 g/mol. The Hall–Kier alpha value is -2.70. The van der Waals surface area contributed by atoms with Crippen molar-refractivity contribution in [1.29, 1.82) is 0 Å². The van der Waals surface area contributed by atoms with Gasteiger partial charge in [-0.25, -0.2) is 23.6 Å². The number of rotatable bonds is 8. The molecule has 0 radical (unpaired) electrons. The third-order valence-electron chi connectivity index (χ3n) is 4.67. The van der Waals surface area contributed by atoms with Crippen molar-refractivity contribution in [2.45, 2.75) is 13.8 Å². The molecule has 0 atom stereocenters. The van der Waals surface area contributed by atoms with Gasteiger partial charge < -0.3 is 23.7 Å². The first-order valence-electron chi connectivity index (χ1n) is 10.2. The van der Waals surface area contributed by atoms with E-state index in [1.807, 2.05) is 30.3 Å². The molecule has 10 nitrogen and oxygen atoms in total. The quantitative estimate of drug-likeness (QED) is 0.307. The first kappa shape index (κ1) is 27.5. The number of aliphatic hydroxyl groups excluding tert-OH is 1. The van der Waals surface area contributed by atoms with Crippen molar-refractivity contribution in [2.75, 3.05) is 40.6 Å². The van der Waals surface area contributed by atoms with Crippen molar-refractivity contribution in [3.8, 4) is 22.8 Å². The predicted molar refractivity (Wildman–Crippen MR) is 111 cm³/mol. The number of fused-ring (bicyclic) bond motifs is 1. The molecule has 186 valence electrons. The van der Waals surface area contributed by atoms with Gasteiger partial charge >= 0.3 is 0 Å². The van der Waals surface area contributed by atoms with E-state index in [0.717, 1.165) is 38.8 Å². The summed E-state index contributed by atoms with van der Waals surface area (Å²) in [5.74, 6) is 2.04. The highest BCUT2D eigenvalue weighted by atomic mass is 35.7. The lowest BCUT2D eigenvalue weighted by Gasteiger charge is -2.17. The number of methoxy groups -OCH3 is 2. The van der Waals surface area contributed by atoms with Gasteiger partial charge in [-0.3, -0.25) is 0 Å². The van der Waals surface area contributed by atoms with Gasteiger partial charge in [-0.2, -0.15) is 0 Å². The number of halogens is 1. The van der Waals surface area contributed by atoms with Crippen LogP contribution >= 0.6 is 0 Å². The van der Waals surface area contributed by atoms with Crippen molar-refractivity contribution in [3.63, 3.8) is 0 Å². The molecule has 3 rings (SSSR count). The third kappa shape index (κ3) is 8.26. The molecule has 34 heavy (non-hydrogen) atoms. The maximum atomic E-state index is 8.85. The molecular formula is C23H28ClNO9. The van der Waals surface area contributed by atoms with Crippen LogP contribution < -0.4 is 38.5 Å². The molecule has 3 aromatic rings. The van der Waals surface area contributed by atoms with Gasteiger partial charge in [-0.15, -0.1) is 10.2 Å². The van der Waals surface area contributed by atoms with Crippen molar-refractivity contribution >= 4 is 11.0 Å². The molecule has 0 saturated carbocycles. The largest absolute Gasteiger partial charge is 0.493 e. The fourth-order valence-electron chi connectivity index (χ4n) is 3.40. The lowest BCUT2D eigenvalue weighted by Crippen LogP contribution is -2.77. The highest BCUT2D eigenvalue weighted by Crippen LogP contribution is 2.33. The number of aliphatic hydroxyl groups is 1. The van der Waals surface area contributed by atoms with Gasteiger partial charge in [-0.05, 0) is 49.2 Å². The second-order valence-corrected chi connectivity index (χ2v) is 7.95. The SMILES string of the molecule is COc1ccc(-c2cc(=[NH+]CCOCCO)c3c(C)cc(C)cc3o2)cc1OC.[O-][Cl+3]([O-])([O-])[O-]. The molecule has 0 aliphatic carbocycles. The Labute approximate surface area is 199 Å². The van der Waals surface area contributed by atoms with Crippen molar-refractivity contribution in [3.05, 3.63) is 52.9 Å². The Morgan fingerprint density at radius 1 is 0.941 bits per heavy atom. The number of nitrogens with one attached hydrogen (secondary N) is 1. The molecule has 0 aliphatic heterocycles. The van der Waals surface area contributed by atoms with Crippen LogP contribution in [0.4, 0.5) is 0 Å². The zero-order valence-electron chi connectivity index (χ0n) is 19.4. The standard InChI is InChI=1S/C23H27NO5.ClHO4/c1-15-11-16(2)23-18(24-7-9-28-10-8-25)14-20(29-22(23)12-15)17-5-6-19(26-3)21(13-17)27-4;2-1(3,4)5/h5-6,11-14,25H,7-10H2,1-4H3;(H,2,3,4,5). The summed E-state index contributed by atoms with van der Waals surface area (Å²) in [5.41, 5.74) is 3.98. The van der Waals surface area contributed by atoms with Gasteiger partial charge in [0.2, 0.25) is 5.36 Å². The Bertz CT molecular complexity index is 1150. The zero-order valence-corrected chi connectivity index (χ0v) is 20.1. The predicted octanol–water partition coefficient (Wildman–Crippen LogP) is -3.03. The number of aryl methyl sites for hydroxylation is 2. The zero-order chi connectivity index (χ0) is 25.3. The number of benzene rings is 2. The minimum absolute atomic E-state index is 0.0228. The summed E-state index contributed by atoms with van der Waals surface area (Å²) < 4.78 is 56.4. The van der Waals surface area contributed by atoms with Crippen LogP contribution in [0.15, 0.2) is 40.8 Å².